The molecule has 0 spiro atoms. The van der Waals surface area contributed by atoms with Crippen molar-refractivity contribution in [2.75, 3.05) is 18.2 Å². The Morgan fingerprint density at radius 2 is 2.44 bits per heavy atom. The van der Waals surface area contributed by atoms with E-state index in [-0.39, 0.29) is 0 Å². The number of nitrogens with zero attached hydrogens (tertiary/aromatic N) is 1. The van der Waals surface area contributed by atoms with Gasteiger partial charge in [0.05, 0.1) is 24.6 Å². The zero-order valence-electron chi connectivity index (χ0n) is 9.84. The topological polar surface area (TPSA) is 77.2 Å². The lowest BCUT2D eigenvalue weighted by Crippen LogP contribution is -2.08. The molecule has 2 aromatic rings. The number of nitrogen functional groups attached to an aromatic ring is 1. The monoisotopic (exact) mass is 263 g/mol. The van der Waals surface area contributed by atoms with Gasteiger partial charge in [-0.2, -0.15) is 11.3 Å². The first-order valence-corrected chi connectivity index (χ1v) is 6.24. The van der Waals surface area contributed by atoms with Gasteiger partial charge in [-0.15, -0.1) is 0 Å². The fraction of sp³-hybridized carbons (Fsp3) is 0.167. The maximum atomic E-state index is 11.5. The summed E-state index contributed by atoms with van der Waals surface area (Å²) < 4.78 is 4.65. The van der Waals surface area contributed by atoms with Crippen molar-refractivity contribution in [1.82, 2.24) is 4.98 Å². The summed E-state index contributed by atoms with van der Waals surface area (Å²) in [5, 5.41) is 7.18. The van der Waals surface area contributed by atoms with E-state index in [2.05, 4.69) is 15.0 Å². The van der Waals surface area contributed by atoms with E-state index >= 15 is 0 Å². The van der Waals surface area contributed by atoms with Crippen molar-refractivity contribution < 1.29 is 9.53 Å². The summed E-state index contributed by atoms with van der Waals surface area (Å²) in [5.74, 6) is 0.129. The third-order valence-electron chi connectivity index (χ3n) is 2.39. The lowest BCUT2D eigenvalue weighted by atomic mass is 10.2. The number of esters is 1. The Morgan fingerprint density at radius 1 is 1.61 bits per heavy atom. The molecule has 0 atom stereocenters. The van der Waals surface area contributed by atoms with Crippen molar-refractivity contribution in [2.24, 2.45) is 0 Å². The molecule has 94 valence electrons. The number of anilines is 2. The number of methoxy groups -OCH3 is 1. The molecular weight excluding hydrogens is 250 g/mol. The molecule has 2 heterocycles. The van der Waals surface area contributed by atoms with Crippen molar-refractivity contribution >= 4 is 28.8 Å². The van der Waals surface area contributed by atoms with Crippen LogP contribution in [0.1, 0.15) is 15.9 Å². The molecule has 18 heavy (non-hydrogen) atoms. The van der Waals surface area contributed by atoms with E-state index in [4.69, 9.17) is 5.73 Å². The van der Waals surface area contributed by atoms with Crippen LogP contribution in [0.25, 0.3) is 0 Å². The molecule has 2 rings (SSSR count). The van der Waals surface area contributed by atoms with Gasteiger partial charge in [-0.3, -0.25) is 0 Å². The maximum Gasteiger partial charge on any atom is 0.340 e. The van der Waals surface area contributed by atoms with Crippen LogP contribution in [-0.4, -0.2) is 18.1 Å². The van der Waals surface area contributed by atoms with Crippen LogP contribution in [0.4, 0.5) is 11.5 Å². The van der Waals surface area contributed by atoms with Crippen molar-refractivity contribution in [1.29, 1.82) is 0 Å². The maximum absolute atomic E-state index is 11.5. The number of hydrogen-bond acceptors (Lipinski definition) is 6. The van der Waals surface area contributed by atoms with Crippen molar-refractivity contribution in [3.8, 4) is 0 Å². The number of nitrogens with one attached hydrogen (secondary N) is 1. The summed E-state index contributed by atoms with van der Waals surface area (Å²) >= 11 is 1.63. The van der Waals surface area contributed by atoms with Crippen molar-refractivity contribution in [3.63, 3.8) is 0 Å². The second kappa shape index (κ2) is 5.50. The Balaban J connectivity index is 2.12. The minimum atomic E-state index is -0.464. The van der Waals surface area contributed by atoms with Crippen LogP contribution in [0.15, 0.2) is 29.1 Å². The zero-order chi connectivity index (χ0) is 13.0. The molecule has 5 nitrogen and oxygen atoms in total. The number of aromatic nitrogens is 1. The van der Waals surface area contributed by atoms with Gasteiger partial charge in [0.2, 0.25) is 0 Å². The highest BCUT2D eigenvalue weighted by Gasteiger charge is 2.11. The van der Waals surface area contributed by atoms with E-state index in [1.807, 2.05) is 16.8 Å². The highest BCUT2D eigenvalue weighted by molar-refractivity contribution is 7.07. The summed E-state index contributed by atoms with van der Waals surface area (Å²) in [6.07, 6.45) is 1.45. The lowest BCUT2D eigenvalue weighted by molar-refractivity contribution is 0.0602. The van der Waals surface area contributed by atoms with Gasteiger partial charge in [0.25, 0.3) is 0 Å². The normalized spacial score (nSPS) is 10.1. The van der Waals surface area contributed by atoms with E-state index < -0.39 is 5.97 Å². The summed E-state index contributed by atoms with van der Waals surface area (Å²) in [6.45, 7) is 0.654. The lowest BCUT2D eigenvalue weighted by Gasteiger charge is -2.08. The second-order valence-corrected chi connectivity index (χ2v) is 4.41. The van der Waals surface area contributed by atoms with Gasteiger partial charge in [0, 0.05) is 6.54 Å². The van der Waals surface area contributed by atoms with Crippen LogP contribution in [0.2, 0.25) is 0 Å². The molecule has 2 aromatic heterocycles. The van der Waals surface area contributed by atoms with E-state index in [0.717, 1.165) is 0 Å². The van der Waals surface area contributed by atoms with Gasteiger partial charge in [-0.25, -0.2) is 9.78 Å². The van der Waals surface area contributed by atoms with Crippen LogP contribution < -0.4 is 11.1 Å². The van der Waals surface area contributed by atoms with Crippen LogP contribution in [0, 0.1) is 0 Å². The highest BCUT2D eigenvalue weighted by atomic mass is 32.1. The van der Waals surface area contributed by atoms with Gasteiger partial charge in [0.15, 0.2) is 0 Å². The molecule has 0 aromatic carbocycles. The number of pyridine rings is 1. The quantitative estimate of drug-likeness (QED) is 0.826. The van der Waals surface area contributed by atoms with E-state index in [9.17, 15) is 4.79 Å². The standard InChI is InChI=1S/C12H13N3O2S/c1-17-12(16)9-4-11(15-6-10(9)13)14-5-8-2-3-18-7-8/h2-4,6-7H,5,13H2,1H3,(H,14,15). The summed E-state index contributed by atoms with van der Waals surface area (Å²) in [4.78, 5) is 15.6. The first-order chi connectivity index (χ1) is 8.70. The van der Waals surface area contributed by atoms with Gasteiger partial charge in [-0.1, -0.05) is 0 Å². The van der Waals surface area contributed by atoms with Crippen molar-refractivity contribution in [2.45, 2.75) is 6.54 Å². The van der Waals surface area contributed by atoms with Crippen LogP contribution in [0.5, 0.6) is 0 Å². The first-order valence-electron chi connectivity index (χ1n) is 5.29. The average molecular weight is 263 g/mol. The number of carbonyl (C=O) groups is 1. The van der Waals surface area contributed by atoms with Crippen molar-refractivity contribution in [3.05, 3.63) is 40.2 Å². The molecule has 0 saturated heterocycles. The Hall–Kier alpha value is -2.08. The SMILES string of the molecule is COC(=O)c1cc(NCc2ccsc2)ncc1N. The number of ether oxygens (including phenoxy) is 1. The number of hydrogen-bond donors (Lipinski definition) is 2. The predicted molar refractivity (Wildman–Crippen MR) is 71.6 cm³/mol. The van der Waals surface area contributed by atoms with Gasteiger partial charge in [0.1, 0.15) is 5.82 Å². The molecule has 0 aliphatic carbocycles. The highest BCUT2D eigenvalue weighted by Crippen LogP contribution is 2.16. The summed E-state index contributed by atoms with van der Waals surface area (Å²) in [7, 11) is 1.32. The molecule has 0 bridgehead atoms. The fourth-order valence-corrected chi connectivity index (χ4v) is 2.10. The molecule has 0 saturated carbocycles. The second-order valence-electron chi connectivity index (χ2n) is 3.63. The Bertz CT molecular complexity index is 540. The van der Waals surface area contributed by atoms with Crippen LogP contribution >= 0.6 is 11.3 Å². The number of thiophene rings is 1. The van der Waals surface area contributed by atoms with E-state index in [1.165, 1.54) is 18.9 Å². The largest absolute Gasteiger partial charge is 0.465 e. The Morgan fingerprint density at radius 3 is 3.11 bits per heavy atom. The Kier molecular flexibility index (Phi) is 3.78. The summed E-state index contributed by atoms with van der Waals surface area (Å²) in [5.41, 5.74) is 7.46. The molecule has 0 unspecified atom stereocenters. The van der Waals surface area contributed by atoms with Gasteiger partial charge >= 0.3 is 5.97 Å². The molecule has 6 heteroatoms. The molecule has 3 N–H and O–H groups in total. The first kappa shape index (κ1) is 12.4. The predicted octanol–water partition coefficient (Wildman–Crippen LogP) is 2.12. The number of rotatable bonds is 4. The molecule has 0 amide bonds. The van der Waals surface area contributed by atoms with Gasteiger partial charge < -0.3 is 15.8 Å². The fourth-order valence-electron chi connectivity index (χ4n) is 1.44. The average Bonchev–Trinajstić information content (AvgIpc) is 2.90. The van der Waals surface area contributed by atoms with E-state index in [0.29, 0.717) is 23.6 Å². The molecule has 0 aliphatic rings. The molecular formula is C12H13N3O2S. The third kappa shape index (κ3) is 2.78. The minimum Gasteiger partial charge on any atom is -0.465 e. The number of nitrogens with two attached hydrogens (primary N) is 1. The van der Waals surface area contributed by atoms with E-state index in [1.54, 1.807) is 17.4 Å². The zero-order valence-corrected chi connectivity index (χ0v) is 10.7. The smallest absolute Gasteiger partial charge is 0.340 e. The molecule has 0 fully saturated rings. The number of carbonyl (C=O) groups excluding carboxylic acids is 1. The third-order valence-corrected chi connectivity index (χ3v) is 3.13. The summed E-state index contributed by atoms with van der Waals surface area (Å²) in [6, 6.07) is 3.61. The van der Waals surface area contributed by atoms with Crippen LogP contribution in [0.3, 0.4) is 0 Å². The van der Waals surface area contributed by atoms with Gasteiger partial charge in [-0.05, 0) is 28.5 Å². The molecule has 0 aliphatic heterocycles. The minimum absolute atomic E-state index is 0.308. The van der Waals surface area contributed by atoms with Crippen LogP contribution in [-0.2, 0) is 11.3 Å². The molecule has 0 radical (unpaired) electrons. The Labute approximate surface area is 109 Å².